The van der Waals surface area contributed by atoms with E-state index in [4.69, 9.17) is 4.98 Å². The number of aromatic nitrogens is 1. The predicted molar refractivity (Wildman–Crippen MR) is 78.4 cm³/mol. The van der Waals surface area contributed by atoms with E-state index in [2.05, 4.69) is 34.3 Å². The average Bonchev–Trinajstić information content (AvgIpc) is 3.00. The Morgan fingerprint density at radius 1 is 1.50 bits per heavy atom. The monoisotopic (exact) mass is 268 g/mol. The van der Waals surface area contributed by atoms with Crippen molar-refractivity contribution in [2.24, 2.45) is 0 Å². The molecule has 0 aromatic carbocycles. The second kappa shape index (κ2) is 6.50. The topological polar surface area (TPSA) is 31.4 Å². The molecule has 4 nitrogen and oxygen atoms in total. The normalized spacial score (nSPS) is 20.0. The lowest BCUT2D eigenvalue weighted by molar-refractivity contribution is 0.232. The van der Waals surface area contributed by atoms with Crippen LogP contribution in [0.4, 0.5) is 5.13 Å². The van der Waals surface area contributed by atoms with Gasteiger partial charge in [0.2, 0.25) is 0 Å². The van der Waals surface area contributed by atoms with Gasteiger partial charge in [-0.25, -0.2) is 4.98 Å². The Balaban J connectivity index is 1.95. The summed E-state index contributed by atoms with van der Waals surface area (Å²) in [5, 5.41) is 6.50. The molecule has 1 atom stereocenters. The molecule has 2 rings (SSSR count). The van der Waals surface area contributed by atoms with Crippen LogP contribution in [0.25, 0.3) is 0 Å². The Morgan fingerprint density at radius 3 is 2.94 bits per heavy atom. The lowest BCUT2D eigenvalue weighted by Gasteiger charge is -2.25. The number of likely N-dealkylation sites (N-methyl/N-ethyl adjacent to an activating group) is 1. The summed E-state index contributed by atoms with van der Waals surface area (Å²) in [6.07, 6.45) is 1.27. The van der Waals surface area contributed by atoms with E-state index in [1.807, 2.05) is 7.05 Å². The number of thiazole rings is 1. The molecule has 0 bridgehead atoms. The van der Waals surface area contributed by atoms with Gasteiger partial charge in [0, 0.05) is 31.1 Å². The fourth-order valence-corrected chi connectivity index (χ4v) is 3.52. The molecule has 1 fully saturated rings. The maximum absolute atomic E-state index is 4.69. The van der Waals surface area contributed by atoms with Gasteiger partial charge in [-0.1, -0.05) is 13.8 Å². The SMILES string of the molecule is CCN(CC)C1CCN(c2nc(CNC)cs2)C1. The molecule has 1 unspecified atom stereocenters. The Kier molecular flexibility index (Phi) is 4.97. The molecule has 0 spiro atoms. The van der Waals surface area contributed by atoms with Crippen LogP contribution < -0.4 is 10.2 Å². The summed E-state index contributed by atoms with van der Waals surface area (Å²) >= 11 is 1.77. The van der Waals surface area contributed by atoms with Crippen LogP contribution in [0.2, 0.25) is 0 Å². The van der Waals surface area contributed by atoms with Gasteiger partial charge in [-0.15, -0.1) is 11.3 Å². The summed E-state index contributed by atoms with van der Waals surface area (Å²) in [7, 11) is 1.96. The van der Waals surface area contributed by atoms with E-state index in [1.165, 1.54) is 11.6 Å². The molecule has 1 aromatic rings. The maximum Gasteiger partial charge on any atom is 0.185 e. The predicted octanol–water partition coefficient (Wildman–Crippen LogP) is 1.78. The summed E-state index contributed by atoms with van der Waals surface area (Å²) in [5.41, 5.74) is 1.16. The molecular formula is C13H24N4S. The van der Waals surface area contributed by atoms with Crippen molar-refractivity contribution in [2.45, 2.75) is 32.9 Å². The van der Waals surface area contributed by atoms with Crippen LogP contribution in [-0.4, -0.2) is 49.2 Å². The largest absolute Gasteiger partial charge is 0.346 e. The Morgan fingerprint density at radius 2 is 2.28 bits per heavy atom. The van der Waals surface area contributed by atoms with E-state index < -0.39 is 0 Å². The van der Waals surface area contributed by atoms with Crippen LogP contribution >= 0.6 is 11.3 Å². The molecule has 1 aromatic heterocycles. The van der Waals surface area contributed by atoms with Crippen LogP contribution in [0.15, 0.2) is 5.38 Å². The van der Waals surface area contributed by atoms with Gasteiger partial charge in [0.25, 0.3) is 0 Å². The summed E-state index contributed by atoms with van der Waals surface area (Å²) in [6, 6.07) is 0.705. The minimum absolute atomic E-state index is 0.705. The first kappa shape index (κ1) is 13.8. The zero-order chi connectivity index (χ0) is 13.0. The number of anilines is 1. The molecule has 1 N–H and O–H groups in total. The van der Waals surface area contributed by atoms with Crippen molar-refractivity contribution in [3.63, 3.8) is 0 Å². The summed E-state index contributed by atoms with van der Waals surface area (Å²) < 4.78 is 0. The molecule has 5 heteroatoms. The third-order valence-corrected chi connectivity index (χ3v) is 4.61. The van der Waals surface area contributed by atoms with E-state index in [0.29, 0.717) is 6.04 Å². The second-order valence-electron chi connectivity index (χ2n) is 4.76. The first-order valence-corrected chi connectivity index (χ1v) is 7.74. The quantitative estimate of drug-likeness (QED) is 0.852. The summed E-state index contributed by atoms with van der Waals surface area (Å²) in [6.45, 7) is 9.95. The molecule has 102 valence electrons. The first-order chi connectivity index (χ1) is 8.78. The third kappa shape index (κ3) is 3.02. The van der Waals surface area contributed by atoms with Gasteiger partial charge in [0.1, 0.15) is 0 Å². The highest BCUT2D eigenvalue weighted by Crippen LogP contribution is 2.26. The molecule has 0 saturated carbocycles. The van der Waals surface area contributed by atoms with Gasteiger partial charge < -0.3 is 10.2 Å². The van der Waals surface area contributed by atoms with Crippen LogP contribution in [0.5, 0.6) is 0 Å². The van der Waals surface area contributed by atoms with Crippen molar-refractivity contribution in [1.82, 2.24) is 15.2 Å². The van der Waals surface area contributed by atoms with Crippen LogP contribution in [-0.2, 0) is 6.54 Å². The minimum atomic E-state index is 0.705. The van der Waals surface area contributed by atoms with Gasteiger partial charge in [0.05, 0.1) is 5.69 Å². The summed E-state index contributed by atoms with van der Waals surface area (Å²) in [5.74, 6) is 0. The van der Waals surface area contributed by atoms with Gasteiger partial charge in [-0.3, -0.25) is 4.90 Å². The van der Waals surface area contributed by atoms with E-state index in [-0.39, 0.29) is 0 Å². The van der Waals surface area contributed by atoms with E-state index in [1.54, 1.807) is 11.3 Å². The van der Waals surface area contributed by atoms with Gasteiger partial charge in [-0.05, 0) is 26.6 Å². The second-order valence-corrected chi connectivity index (χ2v) is 5.60. The van der Waals surface area contributed by atoms with Crippen molar-refractivity contribution >= 4 is 16.5 Å². The number of nitrogens with zero attached hydrogens (tertiary/aromatic N) is 3. The zero-order valence-electron chi connectivity index (χ0n) is 11.6. The third-order valence-electron chi connectivity index (χ3n) is 3.66. The summed E-state index contributed by atoms with van der Waals surface area (Å²) in [4.78, 5) is 9.69. The Labute approximate surface area is 114 Å². The van der Waals surface area contributed by atoms with Gasteiger partial charge >= 0.3 is 0 Å². The zero-order valence-corrected chi connectivity index (χ0v) is 12.5. The minimum Gasteiger partial charge on any atom is -0.346 e. The number of hydrogen-bond acceptors (Lipinski definition) is 5. The smallest absolute Gasteiger partial charge is 0.185 e. The molecule has 1 saturated heterocycles. The van der Waals surface area contributed by atoms with Crippen molar-refractivity contribution in [1.29, 1.82) is 0 Å². The number of nitrogens with one attached hydrogen (secondary N) is 1. The number of rotatable bonds is 6. The van der Waals surface area contributed by atoms with Gasteiger partial charge in [-0.2, -0.15) is 0 Å². The van der Waals surface area contributed by atoms with Crippen molar-refractivity contribution in [3.05, 3.63) is 11.1 Å². The molecule has 2 heterocycles. The van der Waals surface area contributed by atoms with Crippen LogP contribution in [0.3, 0.4) is 0 Å². The average molecular weight is 268 g/mol. The molecule has 0 aliphatic carbocycles. The highest BCUT2D eigenvalue weighted by atomic mass is 32.1. The van der Waals surface area contributed by atoms with Crippen LogP contribution in [0, 0.1) is 0 Å². The first-order valence-electron chi connectivity index (χ1n) is 6.86. The Bertz CT molecular complexity index is 362. The van der Waals surface area contributed by atoms with Gasteiger partial charge in [0.15, 0.2) is 5.13 Å². The molecule has 18 heavy (non-hydrogen) atoms. The molecule has 1 aliphatic rings. The maximum atomic E-state index is 4.69. The Hall–Kier alpha value is -0.650. The molecule has 0 radical (unpaired) electrons. The van der Waals surface area contributed by atoms with E-state index >= 15 is 0 Å². The molecule has 0 amide bonds. The van der Waals surface area contributed by atoms with Crippen molar-refractivity contribution in [3.8, 4) is 0 Å². The lowest BCUT2D eigenvalue weighted by atomic mass is 10.2. The fraction of sp³-hybridized carbons (Fsp3) is 0.769. The highest BCUT2D eigenvalue weighted by molar-refractivity contribution is 7.13. The van der Waals surface area contributed by atoms with E-state index in [9.17, 15) is 0 Å². The molecular weight excluding hydrogens is 244 g/mol. The highest BCUT2D eigenvalue weighted by Gasteiger charge is 2.27. The van der Waals surface area contributed by atoms with Crippen molar-refractivity contribution in [2.75, 3.05) is 38.1 Å². The molecule has 1 aliphatic heterocycles. The fourth-order valence-electron chi connectivity index (χ4n) is 2.66. The standard InChI is InChI=1S/C13H24N4S/c1-4-16(5-2)12-6-7-17(9-12)13-15-11(8-14-3)10-18-13/h10,12,14H,4-9H2,1-3H3. The lowest BCUT2D eigenvalue weighted by Crippen LogP contribution is -2.37. The number of hydrogen-bond donors (Lipinski definition) is 1. The van der Waals surface area contributed by atoms with E-state index in [0.717, 1.165) is 38.4 Å². The van der Waals surface area contributed by atoms with Crippen molar-refractivity contribution < 1.29 is 0 Å². The van der Waals surface area contributed by atoms with Crippen LogP contribution in [0.1, 0.15) is 26.0 Å².